The molecule has 0 aliphatic rings. The van der Waals surface area contributed by atoms with Gasteiger partial charge in [-0.1, -0.05) is 0 Å². The van der Waals surface area contributed by atoms with Gasteiger partial charge in [0.2, 0.25) is 5.28 Å². The lowest BCUT2D eigenvalue weighted by Gasteiger charge is -2.12. The molecule has 0 amide bonds. The topological polar surface area (TPSA) is 58.0 Å². The van der Waals surface area contributed by atoms with E-state index >= 15 is 0 Å². The predicted molar refractivity (Wildman–Crippen MR) is 59.9 cm³/mol. The van der Waals surface area contributed by atoms with Crippen molar-refractivity contribution in [1.82, 2.24) is 9.97 Å². The zero-order valence-corrected chi connectivity index (χ0v) is 9.87. The molecule has 4 nitrogen and oxygen atoms in total. The van der Waals surface area contributed by atoms with Crippen molar-refractivity contribution in [1.29, 1.82) is 0 Å². The van der Waals surface area contributed by atoms with Crippen LogP contribution in [0.2, 0.25) is 5.28 Å². The highest BCUT2D eigenvalue weighted by Gasteiger charge is 2.06. The van der Waals surface area contributed by atoms with E-state index in [1.165, 1.54) is 0 Å². The van der Waals surface area contributed by atoms with Crippen molar-refractivity contribution in [3.8, 4) is 0 Å². The lowest BCUT2D eigenvalue weighted by atomic mass is 10.3. The third-order valence-electron chi connectivity index (χ3n) is 1.37. The number of nitrogens with one attached hydrogen (secondary N) is 1. The summed E-state index contributed by atoms with van der Waals surface area (Å²) < 4.78 is 0.877. The molecule has 0 spiro atoms. The number of aliphatic hydroxyl groups is 1. The SMILES string of the molecule is CC(CO)Nc1nc(Cl)ncc1I. The molecule has 72 valence electrons. The number of rotatable bonds is 3. The number of hydrogen-bond donors (Lipinski definition) is 2. The van der Waals surface area contributed by atoms with Gasteiger partial charge in [0.05, 0.1) is 10.2 Å². The van der Waals surface area contributed by atoms with Crippen LogP contribution in [0.3, 0.4) is 0 Å². The molecular weight excluding hydrogens is 304 g/mol. The number of aliphatic hydroxyl groups excluding tert-OH is 1. The molecule has 0 saturated heterocycles. The third-order valence-corrected chi connectivity index (χ3v) is 2.34. The van der Waals surface area contributed by atoms with Crippen LogP contribution in [-0.2, 0) is 0 Å². The predicted octanol–water partition coefficient (Wildman–Crippen LogP) is 1.53. The summed E-state index contributed by atoms with van der Waals surface area (Å²) >= 11 is 7.71. The Hall–Kier alpha value is -0.140. The summed E-state index contributed by atoms with van der Waals surface area (Å²) in [6, 6.07) is -0.0421. The van der Waals surface area contributed by atoms with Gasteiger partial charge in [0, 0.05) is 12.2 Å². The Kier molecular flexibility index (Phi) is 4.14. The minimum Gasteiger partial charge on any atom is -0.394 e. The smallest absolute Gasteiger partial charge is 0.224 e. The highest BCUT2D eigenvalue weighted by atomic mass is 127. The van der Waals surface area contributed by atoms with Crippen LogP contribution in [0.25, 0.3) is 0 Å². The maximum absolute atomic E-state index is 8.81. The molecule has 0 aliphatic heterocycles. The van der Waals surface area contributed by atoms with E-state index in [2.05, 4.69) is 37.9 Å². The summed E-state index contributed by atoms with van der Waals surface area (Å²) in [4.78, 5) is 7.80. The third kappa shape index (κ3) is 3.24. The van der Waals surface area contributed by atoms with Crippen molar-refractivity contribution in [3.05, 3.63) is 15.1 Å². The standard InChI is InChI=1S/C7H9ClIN3O/c1-4(3-13)11-6-5(9)2-10-7(8)12-6/h2,4,13H,3H2,1H3,(H,10,11,12). The molecule has 1 unspecified atom stereocenters. The Balaban J connectivity index is 2.81. The van der Waals surface area contributed by atoms with Crippen molar-refractivity contribution in [2.24, 2.45) is 0 Å². The summed E-state index contributed by atoms with van der Waals surface area (Å²) in [6.45, 7) is 1.91. The van der Waals surface area contributed by atoms with E-state index in [-0.39, 0.29) is 17.9 Å². The maximum atomic E-state index is 8.81. The van der Waals surface area contributed by atoms with Crippen LogP contribution >= 0.6 is 34.2 Å². The molecule has 13 heavy (non-hydrogen) atoms. The number of nitrogens with zero attached hydrogens (tertiary/aromatic N) is 2. The number of halogens is 2. The Morgan fingerprint density at radius 2 is 2.46 bits per heavy atom. The second kappa shape index (κ2) is 4.92. The quantitative estimate of drug-likeness (QED) is 0.656. The van der Waals surface area contributed by atoms with Gasteiger partial charge in [0.1, 0.15) is 5.82 Å². The zero-order chi connectivity index (χ0) is 9.84. The first-order chi connectivity index (χ1) is 6.13. The monoisotopic (exact) mass is 313 g/mol. The van der Waals surface area contributed by atoms with Gasteiger partial charge in [-0.25, -0.2) is 4.98 Å². The van der Waals surface area contributed by atoms with E-state index in [9.17, 15) is 0 Å². The van der Waals surface area contributed by atoms with Crippen LogP contribution in [0.15, 0.2) is 6.20 Å². The first-order valence-electron chi connectivity index (χ1n) is 3.69. The van der Waals surface area contributed by atoms with Crippen molar-refractivity contribution >= 4 is 40.0 Å². The van der Waals surface area contributed by atoms with Gasteiger partial charge in [-0.3, -0.25) is 0 Å². The molecule has 2 N–H and O–H groups in total. The normalized spacial score (nSPS) is 12.6. The zero-order valence-electron chi connectivity index (χ0n) is 6.96. The molecule has 1 heterocycles. The van der Waals surface area contributed by atoms with Crippen molar-refractivity contribution in [2.45, 2.75) is 13.0 Å². The number of hydrogen-bond acceptors (Lipinski definition) is 4. The van der Waals surface area contributed by atoms with Crippen molar-refractivity contribution in [2.75, 3.05) is 11.9 Å². The maximum Gasteiger partial charge on any atom is 0.224 e. The number of aromatic nitrogens is 2. The Morgan fingerprint density at radius 3 is 3.08 bits per heavy atom. The fraction of sp³-hybridized carbons (Fsp3) is 0.429. The first-order valence-corrected chi connectivity index (χ1v) is 5.14. The van der Waals surface area contributed by atoms with E-state index in [0.717, 1.165) is 3.57 Å². The molecule has 0 radical (unpaired) electrons. The summed E-state index contributed by atoms with van der Waals surface area (Å²) in [5.74, 6) is 0.655. The van der Waals surface area contributed by atoms with Gasteiger partial charge >= 0.3 is 0 Å². The fourth-order valence-corrected chi connectivity index (χ4v) is 1.27. The van der Waals surface area contributed by atoms with Crippen LogP contribution < -0.4 is 5.32 Å². The van der Waals surface area contributed by atoms with E-state index in [0.29, 0.717) is 5.82 Å². The van der Waals surface area contributed by atoms with Crippen molar-refractivity contribution < 1.29 is 5.11 Å². The molecule has 1 aromatic heterocycles. The van der Waals surface area contributed by atoms with Gasteiger partial charge < -0.3 is 10.4 Å². The lowest BCUT2D eigenvalue weighted by Crippen LogP contribution is -2.20. The van der Waals surface area contributed by atoms with E-state index in [4.69, 9.17) is 16.7 Å². The van der Waals surface area contributed by atoms with E-state index < -0.39 is 0 Å². The summed E-state index contributed by atoms with van der Waals surface area (Å²) in [6.07, 6.45) is 1.63. The highest BCUT2D eigenvalue weighted by Crippen LogP contribution is 2.16. The Labute approximate surface area is 94.9 Å². The molecule has 1 rings (SSSR count). The first kappa shape index (κ1) is 10.9. The van der Waals surface area contributed by atoms with Crippen LogP contribution in [0.4, 0.5) is 5.82 Å². The van der Waals surface area contributed by atoms with Gasteiger partial charge in [0.15, 0.2) is 0 Å². The van der Waals surface area contributed by atoms with Crippen LogP contribution in [0.5, 0.6) is 0 Å². The van der Waals surface area contributed by atoms with Gasteiger partial charge in [0.25, 0.3) is 0 Å². The molecule has 0 fully saturated rings. The second-order valence-corrected chi connectivity index (χ2v) is 4.06. The average molecular weight is 314 g/mol. The van der Waals surface area contributed by atoms with Crippen LogP contribution in [-0.4, -0.2) is 27.7 Å². The highest BCUT2D eigenvalue weighted by molar-refractivity contribution is 14.1. The Morgan fingerprint density at radius 1 is 1.77 bits per heavy atom. The molecule has 1 aromatic rings. The second-order valence-electron chi connectivity index (χ2n) is 2.56. The minimum atomic E-state index is -0.0421. The summed E-state index contributed by atoms with van der Waals surface area (Å²) in [7, 11) is 0. The summed E-state index contributed by atoms with van der Waals surface area (Å²) in [5.41, 5.74) is 0. The Bertz CT molecular complexity index is 297. The summed E-state index contributed by atoms with van der Waals surface area (Å²) in [5, 5.41) is 12.0. The van der Waals surface area contributed by atoms with Gasteiger partial charge in [-0.2, -0.15) is 4.98 Å². The average Bonchev–Trinajstić information content (AvgIpc) is 2.11. The molecule has 0 bridgehead atoms. The molecule has 0 aromatic carbocycles. The number of anilines is 1. The fourth-order valence-electron chi connectivity index (χ4n) is 0.726. The molecular formula is C7H9ClIN3O. The lowest BCUT2D eigenvalue weighted by molar-refractivity contribution is 0.281. The van der Waals surface area contributed by atoms with Crippen LogP contribution in [0.1, 0.15) is 6.92 Å². The minimum absolute atomic E-state index is 0.0421. The van der Waals surface area contributed by atoms with E-state index in [1.54, 1.807) is 6.20 Å². The van der Waals surface area contributed by atoms with Crippen LogP contribution in [0, 0.1) is 3.57 Å². The molecule has 1 atom stereocenters. The van der Waals surface area contributed by atoms with E-state index in [1.807, 2.05) is 6.92 Å². The molecule has 0 saturated carbocycles. The van der Waals surface area contributed by atoms with Crippen molar-refractivity contribution in [3.63, 3.8) is 0 Å². The largest absolute Gasteiger partial charge is 0.394 e. The molecule has 6 heteroatoms. The molecule has 0 aliphatic carbocycles. The van der Waals surface area contributed by atoms with Gasteiger partial charge in [-0.15, -0.1) is 0 Å². The van der Waals surface area contributed by atoms with Gasteiger partial charge in [-0.05, 0) is 41.1 Å².